The molecule has 0 N–H and O–H groups in total. The molecule has 0 spiro atoms. The second-order valence-electron chi connectivity index (χ2n) is 9.00. The van der Waals surface area contributed by atoms with Crippen LogP contribution in [0.4, 0.5) is 0 Å². The fourth-order valence-corrected chi connectivity index (χ4v) is 3.30. The molecule has 122 valence electrons. The molecule has 0 aliphatic carbocycles. The number of hydrogen-bond donors (Lipinski definition) is 0. The molecular weight excluding hydrogens is 240 g/mol. The van der Waals surface area contributed by atoms with E-state index in [0.717, 1.165) is 29.6 Å². The molecule has 20 heavy (non-hydrogen) atoms. The van der Waals surface area contributed by atoms with Gasteiger partial charge in [-0.25, -0.2) is 0 Å². The quantitative estimate of drug-likeness (QED) is 0.398. The Morgan fingerprint density at radius 2 is 1.20 bits per heavy atom. The summed E-state index contributed by atoms with van der Waals surface area (Å²) in [7, 11) is 0. The lowest BCUT2D eigenvalue weighted by Gasteiger charge is -2.35. The van der Waals surface area contributed by atoms with Crippen molar-refractivity contribution in [2.45, 2.75) is 94.4 Å². The summed E-state index contributed by atoms with van der Waals surface area (Å²) >= 11 is 0. The van der Waals surface area contributed by atoms with Crippen molar-refractivity contribution in [3.05, 3.63) is 0 Å². The second-order valence-corrected chi connectivity index (χ2v) is 9.00. The molecule has 0 heteroatoms. The summed E-state index contributed by atoms with van der Waals surface area (Å²) in [6.07, 6.45) is 6.93. The lowest BCUT2D eigenvalue weighted by atomic mass is 9.70. The van der Waals surface area contributed by atoms with Crippen molar-refractivity contribution in [3.63, 3.8) is 0 Å². The van der Waals surface area contributed by atoms with Gasteiger partial charge in [0.1, 0.15) is 0 Å². The van der Waals surface area contributed by atoms with E-state index in [1.165, 1.54) is 32.1 Å². The predicted octanol–water partition coefficient (Wildman–Crippen LogP) is 7.18. The molecule has 0 aliphatic rings. The molecular formula is C20H42. The fraction of sp³-hybridized carbons (Fsp3) is 1.00. The van der Waals surface area contributed by atoms with E-state index < -0.39 is 0 Å². The van der Waals surface area contributed by atoms with Crippen molar-refractivity contribution in [3.8, 4) is 0 Å². The third-order valence-corrected chi connectivity index (χ3v) is 5.48. The molecule has 0 aromatic rings. The van der Waals surface area contributed by atoms with Crippen molar-refractivity contribution < 1.29 is 0 Å². The average molecular weight is 283 g/mol. The number of hydrogen-bond acceptors (Lipinski definition) is 0. The minimum absolute atomic E-state index is 0.501. The number of rotatable bonds is 10. The minimum atomic E-state index is 0.501. The van der Waals surface area contributed by atoms with Gasteiger partial charge in [0.2, 0.25) is 0 Å². The van der Waals surface area contributed by atoms with Crippen molar-refractivity contribution in [1.29, 1.82) is 0 Å². The second kappa shape index (κ2) is 9.11. The van der Waals surface area contributed by atoms with Gasteiger partial charge < -0.3 is 0 Å². The van der Waals surface area contributed by atoms with Gasteiger partial charge in [-0.1, -0.05) is 75.2 Å². The smallest absolute Gasteiger partial charge is 0.0328 e. The zero-order valence-electron chi connectivity index (χ0n) is 15.9. The van der Waals surface area contributed by atoms with E-state index in [0.29, 0.717) is 5.41 Å². The standard InChI is InChI=1S/C20H42/c1-15(2)11-10-12-20(8,9)19(7)14-18(6)17(5)13-16(3)4/h15-19H,10-14H2,1-9H3/t17-,18?,19?/m0/s1. The van der Waals surface area contributed by atoms with E-state index in [9.17, 15) is 0 Å². The maximum Gasteiger partial charge on any atom is -0.0328 e. The minimum Gasteiger partial charge on any atom is -0.0628 e. The van der Waals surface area contributed by atoms with Gasteiger partial charge in [0.05, 0.1) is 0 Å². The molecule has 0 rings (SSSR count). The molecule has 0 aromatic carbocycles. The Morgan fingerprint density at radius 3 is 1.65 bits per heavy atom. The molecule has 3 atom stereocenters. The molecule has 0 radical (unpaired) electrons. The first-order valence-corrected chi connectivity index (χ1v) is 9.06. The van der Waals surface area contributed by atoms with E-state index in [1.54, 1.807) is 0 Å². The zero-order chi connectivity index (χ0) is 15.9. The highest BCUT2D eigenvalue weighted by Gasteiger charge is 2.28. The molecule has 0 amide bonds. The summed E-state index contributed by atoms with van der Waals surface area (Å²) in [4.78, 5) is 0. The van der Waals surface area contributed by atoms with Crippen LogP contribution in [-0.4, -0.2) is 0 Å². The largest absolute Gasteiger partial charge is 0.0628 e. The maximum absolute atomic E-state index is 2.48. The monoisotopic (exact) mass is 282 g/mol. The van der Waals surface area contributed by atoms with Gasteiger partial charge >= 0.3 is 0 Å². The molecule has 0 saturated heterocycles. The SMILES string of the molecule is CC(C)CCCC(C)(C)C(C)CC(C)[C@@H](C)CC(C)C. The van der Waals surface area contributed by atoms with Crippen LogP contribution < -0.4 is 0 Å². The van der Waals surface area contributed by atoms with Crippen molar-refractivity contribution in [2.24, 2.45) is 35.0 Å². The molecule has 0 bridgehead atoms. The highest BCUT2D eigenvalue weighted by molar-refractivity contribution is 4.78. The normalized spacial score (nSPS) is 17.6. The summed E-state index contributed by atoms with van der Waals surface area (Å²) in [6, 6.07) is 0. The summed E-state index contributed by atoms with van der Waals surface area (Å²) in [5, 5.41) is 0. The Bertz CT molecular complexity index is 236. The van der Waals surface area contributed by atoms with Crippen LogP contribution in [0.25, 0.3) is 0 Å². The summed E-state index contributed by atoms with van der Waals surface area (Å²) in [6.45, 7) is 21.7. The first-order valence-electron chi connectivity index (χ1n) is 9.06. The molecule has 2 unspecified atom stereocenters. The predicted molar refractivity (Wildman–Crippen MR) is 94.0 cm³/mol. The van der Waals surface area contributed by atoms with Gasteiger partial charge in [0.25, 0.3) is 0 Å². The van der Waals surface area contributed by atoms with Gasteiger partial charge in [-0.3, -0.25) is 0 Å². The molecule has 0 aromatic heterocycles. The molecule has 0 saturated carbocycles. The van der Waals surface area contributed by atoms with Crippen LogP contribution >= 0.6 is 0 Å². The Hall–Kier alpha value is 0. The zero-order valence-corrected chi connectivity index (χ0v) is 15.9. The van der Waals surface area contributed by atoms with Crippen LogP contribution in [0.2, 0.25) is 0 Å². The van der Waals surface area contributed by atoms with E-state index in [2.05, 4.69) is 62.3 Å². The fourth-order valence-electron chi connectivity index (χ4n) is 3.30. The topological polar surface area (TPSA) is 0 Å². The van der Waals surface area contributed by atoms with E-state index >= 15 is 0 Å². The lowest BCUT2D eigenvalue weighted by Crippen LogP contribution is -2.25. The van der Waals surface area contributed by atoms with Crippen LogP contribution in [0.1, 0.15) is 94.4 Å². The van der Waals surface area contributed by atoms with E-state index in [-0.39, 0.29) is 0 Å². The molecule has 0 aliphatic heterocycles. The first kappa shape index (κ1) is 20.0. The Balaban J connectivity index is 4.24. The van der Waals surface area contributed by atoms with Crippen LogP contribution in [-0.2, 0) is 0 Å². The van der Waals surface area contributed by atoms with Gasteiger partial charge in [0, 0.05) is 0 Å². The third-order valence-electron chi connectivity index (χ3n) is 5.48. The summed E-state index contributed by atoms with van der Waals surface area (Å²) < 4.78 is 0. The van der Waals surface area contributed by atoms with Crippen LogP contribution in [0, 0.1) is 35.0 Å². The lowest BCUT2D eigenvalue weighted by molar-refractivity contribution is 0.152. The Kier molecular flexibility index (Phi) is 9.11. The molecule has 0 heterocycles. The van der Waals surface area contributed by atoms with Crippen LogP contribution in [0.15, 0.2) is 0 Å². The molecule has 0 fully saturated rings. The van der Waals surface area contributed by atoms with Crippen LogP contribution in [0.5, 0.6) is 0 Å². The third kappa shape index (κ3) is 8.32. The average Bonchev–Trinajstić information content (AvgIpc) is 2.26. The maximum atomic E-state index is 2.48. The Morgan fingerprint density at radius 1 is 0.700 bits per heavy atom. The van der Waals surface area contributed by atoms with Crippen LogP contribution in [0.3, 0.4) is 0 Å². The highest BCUT2D eigenvalue weighted by Crippen LogP contribution is 2.38. The van der Waals surface area contributed by atoms with Gasteiger partial charge in [-0.2, -0.15) is 0 Å². The van der Waals surface area contributed by atoms with Gasteiger partial charge in [-0.05, 0) is 54.3 Å². The summed E-state index contributed by atoms with van der Waals surface area (Å²) in [5.74, 6) is 4.24. The van der Waals surface area contributed by atoms with Crippen molar-refractivity contribution >= 4 is 0 Å². The van der Waals surface area contributed by atoms with Crippen molar-refractivity contribution in [1.82, 2.24) is 0 Å². The highest BCUT2D eigenvalue weighted by atomic mass is 14.3. The van der Waals surface area contributed by atoms with E-state index in [4.69, 9.17) is 0 Å². The van der Waals surface area contributed by atoms with Gasteiger partial charge in [-0.15, -0.1) is 0 Å². The Labute approximate surface area is 130 Å². The van der Waals surface area contributed by atoms with E-state index in [1.807, 2.05) is 0 Å². The molecule has 0 nitrogen and oxygen atoms in total. The first-order chi connectivity index (χ1) is 9.06. The summed E-state index contributed by atoms with van der Waals surface area (Å²) in [5.41, 5.74) is 0.501. The van der Waals surface area contributed by atoms with Gasteiger partial charge in [0.15, 0.2) is 0 Å². The van der Waals surface area contributed by atoms with Crippen molar-refractivity contribution in [2.75, 3.05) is 0 Å².